The van der Waals surface area contributed by atoms with Gasteiger partial charge in [0.25, 0.3) is 5.91 Å². The molecule has 1 amide bonds. The molecule has 0 atom stereocenters. The highest BCUT2D eigenvalue weighted by Crippen LogP contribution is 2.14. The Bertz CT molecular complexity index is 535. The molecule has 2 aromatic rings. The number of carbonyl (C=O) groups excluding carboxylic acids is 1. The Morgan fingerprint density at radius 2 is 2.00 bits per heavy atom. The molecule has 0 radical (unpaired) electrons. The lowest BCUT2D eigenvalue weighted by Gasteiger charge is -2.07. The zero-order valence-corrected chi connectivity index (χ0v) is 9.47. The largest absolute Gasteiger partial charge is 0.397 e. The predicted molar refractivity (Wildman–Crippen MR) is 67.8 cm³/mol. The van der Waals surface area contributed by atoms with Crippen molar-refractivity contribution in [1.82, 2.24) is 4.98 Å². The van der Waals surface area contributed by atoms with Crippen molar-refractivity contribution in [3.05, 3.63) is 53.9 Å². The summed E-state index contributed by atoms with van der Waals surface area (Å²) in [5.41, 5.74) is 8.20. The van der Waals surface area contributed by atoms with Crippen LogP contribution in [-0.4, -0.2) is 10.9 Å². The summed E-state index contributed by atoms with van der Waals surface area (Å²) in [6.45, 7) is 1.94. The van der Waals surface area contributed by atoms with Gasteiger partial charge < -0.3 is 11.1 Å². The number of hydrogen-bond acceptors (Lipinski definition) is 3. The van der Waals surface area contributed by atoms with Gasteiger partial charge in [-0.05, 0) is 30.7 Å². The smallest absolute Gasteiger partial charge is 0.274 e. The third-order valence-electron chi connectivity index (χ3n) is 2.41. The van der Waals surface area contributed by atoms with E-state index in [2.05, 4.69) is 10.3 Å². The molecule has 17 heavy (non-hydrogen) atoms. The zero-order valence-electron chi connectivity index (χ0n) is 9.47. The number of carbonyl (C=O) groups is 1. The summed E-state index contributed by atoms with van der Waals surface area (Å²) in [5, 5.41) is 2.80. The van der Waals surface area contributed by atoms with Gasteiger partial charge in [-0.25, -0.2) is 4.98 Å². The highest BCUT2D eigenvalue weighted by atomic mass is 16.1. The first-order valence-corrected chi connectivity index (χ1v) is 5.25. The maximum atomic E-state index is 11.9. The first kappa shape index (κ1) is 11.1. The molecule has 0 aliphatic heterocycles. The van der Waals surface area contributed by atoms with Gasteiger partial charge >= 0.3 is 0 Å². The van der Waals surface area contributed by atoms with Gasteiger partial charge in [-0.3, -0.25) is 4.79 Å². The molecule has 4 nitrogen and oxygen atoms in total. The lowest BCUT2D eigenvalue weighted by atomic mass is 10.2. The number of rotatable bonds is 2. The number of amides is 1. The summed E-state index contributed by atoms with van der Waals surface area (Å²) in [4.78, 5) is 15.8. The van der Waals surface area contributed by atoms with E-state index in [9.17, 15) is 4.79 Å². The van der Waals surface area contributed by atoms with E-state index in [4.69, 9.17) is 5.73 Å². The van der Waals surface area contributed by atoms with E-state index in [1.54, 1.807) is 12.1 Å². The Balaban J connectivity index is 2.17. The minimum absolute atomic E-state index is 0.237. The van der Waals surface area contributed by atoms with Crippen LogP contribution in [0.5, 0.6) is 0 Å². The van der Waals surface area contributed by atoms with Crippen LogP contribution in [0.2, 0.25) is 0 Å². The summed E-state index contributed by atoms with van der Waals surface area (Å²) in [6, 6.07) is 10.8. The number of nitrogens with one attached hydrogen (secondary N) is 1. The van der Waals surface area contributed by atoms with Crippen LogP contribution < -0.4 is 11.1 Å². The van der Waals surface area contributed by atoms with E-state index in [-0.39, 0.29) is 5.91 Å². The second-order valence-electron chi connectivity index (χ2n) is 3.75. The lowest BCUT2D eigenvalue weighted by Crippen LogP contribution is -2.14. The standard InChI is InChI=1S/C13H13N3O/c1-9-4-2-3-5-11(9)16-13(17)12-7-6-10(14)8-15-12/h2-8H,14H2,1H3,(H,16,17). The van der Waals surface area contributed by atoms with E-state index < -0.39 is 0 Å². The molecular formula is C13H13N3O. The average molecular weight is 227 g/mol. The van der Waals surface area contributed by atoms with E-state index in [0.29, 0.717) is 11.4 Å². The molecule has 1 aromatic carbocycles. The van der Waals surface area contributed by atoms with Gasteiger partial charge in [0.05, 0.1) is 11.9 Å². The van der Waals surface area contributed by atoms with Gasteiger partial charge in [0, 0.05) is 5.69 Å². The number of nitrogens with two attached hydrogens (primary N) is 1. The SMILES string of the molecule is Cc1ccccc1NC(=O)c1ccc(N)cn1. The fourth-order valence-electron chi connectivity index (χ4n) is 1.44. The van der Waals surface area contributed by atoms with E-state index in [1.807, 2.05) is 31.2 Å². The van der Waals surface area contributed by atoms with Crippen molar-refractivity contribution >= 4 is 17.3 Å². The molecule has 0 fully saturated rings. The van der Waals surface area contributed by atoms with Crippen LogP contribution in [0.25, 0.3) is 0 Å². The van der Waals surface area contributed by atoms with Gasteiger partial charge in [-0.1, -0.05) is 18.2 Å². The monoisotopic (exact) mass is 227 g/mol. The lowest BCUT2D eigenvalue weighted by molar-refractivity contribution is 0.102. The van der Waals surface area contributed by atoms with Crippen molar-refractivity contribution in [1.29, 1.82) is 0 Å². The van der Waals surface area contributed by atoms with Crippen molar-refractivity contribution in [2.24, 2.45) is 0 Å². The number of hydrogen-bond donors (Lipinski definition) is 2. The molecule has 4 heteroatoms. The zero-order chi connectivity index (χ0) is 12.3. The third kappa shape index (κ3) is 2.60. The molecule has 0 saturated heterocycles. The number of benzene rings is 1. The Kier molecular flexibility index (Phi) is 3.05. The quantitative estimate of drug-likeness (QED) is 0.826. The van der Waals surface area contributed by atoms with Crippen LogP contribution in [0, 0.1) is 6.92 Å². The fourth-order valence-corrected chi connectivity index (χ4v) is 1.44. The molecule has 0 bridgehead atoms. The fraction of sp³-hybridized carbons (Fsp3) is 0.0769. The van der Waals surface area contributed by atoms with E-state index >= 15 is 0 Å². The van der Waals surface area contributed by atoms with Crippen LogP contribution in [-0.2, 0) is 0 Å². The summed E-state index contributed by atoms with van der Waals surface area (Å²) < 4.78 is 0. The summed E-state index contributed by atoms with van der Waals surface area (Å²) in [5.74, 6) is -0.237. The molecule has 1 aromatic heterocycles. The highest BCUT2D eigenvalue weighted by molar-refractivity contribution is 6.03. The molecule has 86 valence electrons. The number of nitrogen functional groups attached to an aromatic ring is 1. The van der Waals surface area contributed by atoms with Crippen LogP contribution >= 0.6 is 0 Å². The molecule has 0 aliphatic rings. The molecule has 2 rings (SSSR count). The number of para-hydroxylation sites is 1. The van der Waals surface area contributed by atoms with E-state index in [1.165, 1.54) is 6.20 Å². The van der Waals surface area contributed by atoms with Gasteiger partial charge in [0.2, 0.25) is 0 Å². The molecule has 0 saturated carbocycles. The maximum absolute atomic E-state index is 11.9. The number of aryl methyl sites for hydroxylation is 1. The van der Waals surface area contributed by atoms with Crippen LogP contribution in [0.4, 0.5) is 11.4 Å². The van der Waals surface area contributed by atoms with E-state index in [0.717, 1.165) is 11.3 Å². The second kappa shape index (κ2) is 4.65. The molecule has 0 spiro atoms. The number of nitrogens with zero attached hydrogens (tertiary/aromatic N) is 1. The van der Waals surface area contributed by atoms with Gasteiger partial charge in [-0.2, -0.15) is 0 Å². The summed E-state index contributed by atoms with van der Waals surface area (Å²) >= 11 is 0. The van der Waals surface area contributed by atoms with Crippen molar-refractivity contribution in [2.45, 2.75) is 6.92 Å². The number of pyridine rings is 1. The minimum Gasteiger partial charge on any atom is -0.397 e. The molecule has 0 aliphatic carbocycles. The van der Waals surface area contributed by atoms with Crippen LogP contribution in [0.3, 0.4) is 0 Å². The van der Waals surface area contributed by atoms with Crippen molar-refractivity contribution in [3.63, 3.8) is 0 Å². The third-order valence-corrected chi connectivity index (χ3v) is 2.41. The van der Waals surface area contributed by atoms with Crippen LogP contribution in [0.1, 0.15) is 16.1 Å². The Morgan fingerprint density at radius 1 is 1.24 bits per heavy atom. The minimum atomic E-state index is -0.237. The summed E-state index contributed by atoms with van der Waals surface area (Å²) in [6.07, 6.45) is 1.47. The number of anilines is 2. The molecule has 3 N–H and O–H groups in total. The highest BCUT2D eigenvalue weighted by Gasteiger charge is 2.08. The molecule has 1 heterocycles. The average Bonchev–Trinajstić information content (AvgIpc) is 2.33. The maximum Gasteiger partial charge on any atom is 0.274 e. The topological polar surface area (TPSA) is 68.0 Å². The first-order valence-electron chi connectivity index (χ1n) is 5.25. The van der Waals surface area contributed by atoms with Gasteiger partial charge in [-0.15, -0.1) is 0 Å². The van der Waals surface area contributed by atoms with Crippen molar-refractivity contribution in [3.8, 4) is 0 Å². The summed E-state index contributed by atoms with van der Waals surface area (Å²) in [7, 11) is 0. The Hall–Kier alpha value is -2.36. The predicted octanol–water partition coefficient (Wildman–Crippen LogP) is 2.22. The molecule has 0 unspecified atom stereocenters. The van der Waals surface area contributed by atoms with Crippen molar-refractivity contribution in [2.75, 3.05) is 11.1 Å². The van der Waals surface area contributed by atoms with Crippen LogP contribution in [0.15, 0.2) is 42.6 Å². The Labute approximate surface area is 99.5 Å². The second-order valence-corrected chi connectivity index (χ2v) is 3.75. The van der Waals surface area contributed by atoms with Gasteiger partial charge in [0.15, 0.2) is 0 Å². The Morgan fingerprint density at radius 3 is 2.65 bits per heavy atom. The van der Waals surface area contributed by atoms with Crippen molar-refractivity contribution < 1.29 is 4.79 Å². The first-order chi connectivity index (χ1) is 8.16. The number of aromatic nitrogens is 1. The normalized spacial score (nSPS) is 9.94. The van der Waals surface area contributed by atoms with Gasteiger partial charge in [0.1, 0.15) is 5.69 Å². The molecular weight excluding hydrogens is 214 g/mol.